The molecule has 4 rings (SSSR count). The van der Waals surface area contributed by atoms with Crippen molar-refractivity contribution in [3.8, 4) is 0 Å². The average molecular weight is 326 g/mol. The lowest BCUT2D eigenvalue weighted by atomic mass is 10.1. The van der Waals surface area contributed by atoms with E-state index in [2.05, 4.69) is 6.58 Å². The van der Waals surface area contributed by atoms with Crippen molar-refractivity contribution in [2.24, 2.45) is 0 Å². The van der Waals surface area contributed by atoms with Crippen molar-refractivity contribution < 1.29 is 0 Å². The van der Waals surface area contributed by atoms with E-state index in [1.165, 1.54) is 0 Å². The van der Waals surface area contributed by atoms with Crippen molar-refractivity contribution in [1.29, 1.82) is 0 Å². The van der Waals surface area contributed by atoms with Crippen LogP contribution in [0.15, 0.2) is 96.3 Å². The Kier molecular flexibility index (Phi) is 3.82. The lowest BCUT2D eigenvalue weighted by molar-refractivity contribution is 0.767. The highest BCUT2D eigenvalue weighted by Gasteiger charge is 2.15. The first-order chi connectivity index (χ1) is 12.3. The Balaban J connectivity index is 1.90. The summed E-state index contributed by atoms with van der Waals surface area (Å²) < 4.78 is 3.51. The van der Waals surface area contributed by atoms with Gasteiger partial charge in [-0.1, -0.05) is 79.4 Å². The van der Waals surface area contributed by atoms with E-state index in [0.717, 1.165) is 22.2 Å². The van der Waals surface area contributed by atoms with Crippen LogP contribution < -0.4 is 5.69 Å². The molecule has 122 valence electrons. The van der Waals surface area contributed by atoms with E-state index >= 15 is 0 Å². The van der Waals surface area contributed by atoms with Crippen molar-refractivity contribution in [3.63, 3.8) is 0 Å². The summed E-state index contributed by atoms with van der Waals surface area (Å²) >= 11 is 0. The number of aromatic nitrogens is 2. The molecule has 0 amide bonds. The van der Waals surface area contributed by atoms with Crippen LogP contribution in [-0.2, 0) is 6.54 Å². The molecule has 0 saturated heterocycles. The second-order valence-corrected chi connectivity index (χ2v) is 5.99. The first-order valence-corrected chi connectivity index (χ1v) is 8.24. The van der Waals surface area contributed by atoms with Crippen molar-refractivity contribution in [2.75, 3.05) is 0 Å². The van der Waals surface area contributed by atoms with Crippen molar-refractivity contribution in [2.45, 2.75) is 6.54 Å². The molecule has 0 spiro atoms. The minimum Gasteiger partial charge on any atom is -0.287 e. The molecule has 1 heterocycles. The van der Waals surface area contributed by atoms with E-state index in [0.29, 0.717) is 12.2 Å². The summed E-state index contributed by atoms with van der Waals surface area (Å²) in [5.41, 5.74) is 4.43. The fourth-order valence-corrected chi connectivity index (χ4v) is 3.15. The minimum atomic E-state index is -0.0705. The van der Waals surface area contributed by atoms with E-state index in [1.54, 1.807) is 9.13 Å². The maximum absolute atomic E-state index is 13.2. The maximum Gasteiger partial charge on any atom is 0.334 e. The van der Waals surface area contributed by atoms with Crippen LogP contribution in [0, 0.1) is 0 Å². The first-order valence-electron chi connectivity index (χ1n) is 8.24. The molecule has 0 atom stereocenters. The molecule has 0 saturated carbocycles. The number of benzene rings is 3. The van der Waals surface area contributed by atoms with Gasteiger partial charge in [0.15, 0.2) is 0 Å². The van der Waals surface area contributed by atoms with Crippen LogP contribution in [0.4, 0.5) is 0 Å². The second-order valence-electron chi connectivity index (χ2n) is 5.99. The standard InChI is InChI=1S/C22H18N2O/c1-17(19-12-6-3-7-13-19)24-21-15-9-8-14-20(21)23(22(24)25)16-18-10-4-2-5-11-18/h2-15H,1,16H2. The number of hydrogen-bond acceptors (Lipinski definition) is 1. The molecule has 3 heteroatoms. The zero-order valence-corrected chi connectivity index (χ0v) is 13.8. The zero-order valence-electron chi connectivity index (χ0n) is 13.8. The second kappa shape index (κ2) is 6.29. The Morgan fingerprint density at radius 1 is 0.760 bits per heavy atom. The SMILES string of the molecule is C=C(c1ccccc1)n1c(=O)n(Cc2ccccc2)c2ccccc21. The quantitative estimate of drug-likeness (QED) is 0.547. The summed E-state index contributed by atoms with van der Waals surface area (Å²) in [6, 6.07) is 27.7. The monoisotopic (exact) mass is 326 g/mol. The molecule has 0 aliphatic carbocycles. The molecule has 0 radical (unpaired) electrons. The predicted octanol–water partition coefficient (Wildman–Crippen LogP) is 4.37. The van der Waals surface area contributed by atoms with Gasteiger partial charge in [0.2, 0.25) is 0 Å². The molecule has 1 aromatic heterocycles. The Hall–Kier alpha value is -3.33. The lowest BCUT2D eigenvalue weighted by Crippen LogP contribution is -2.24. The van der Waals surface area contributed by atoms with Gasteiger partial charge < -0.3 is 0 Å². The van der Waals surface area contributed by atoms with Crippen molar-refractivity contribution in [3.05, 3.63) is 113 Å². The minimum absolute atomic E-state index is 0.0705. The van der Waals surface area contributed by atoms with Gasteiger partial charge in [-0.25, -0.2) is 4.79 Å². The number of imidazole rings is 1. The molecule has 4 aromatic rings. The van der Waals surface area contributed by atoms with Crippen LogP contribution in [0.25, 0.3) is 16.7 Å². The number of nitrogens with zero attached hydrogens (tertiary/aromatic N) is 2. The third kappa shape index (κ3) is 2.70. The highest BCUT2D eigenvalue weighted by Crippen LogP contribution is 2.21. The van der Waals surface area contributed by atoms with E-state index in [4.69, 9.17) is 0 Å². The van der Waals surface area contributed by atoms with Gasteiger partial charge in [-0.15, -0.1) is 0 Å². The lowest BCUT2D eigenvalue weighted by Gasteiger charge is -2.07. The molecular weight excluding hydrogens is 308 g/mol. The van der Waals surface area contributed by atoms with Gasteiger partial charge in [0, 0.05) is 0 Å². The molecule has 3 aromatic carbocycles. The molecule has 25 heavy (non-hydrogen) atoms. The molecule has 0 unspecified atom stereocenters. The summed E-state index contributed by atoms with van der Waals surface area (Å²) in [6.45, 7) is 4.71. The third-order valence-corrected chi connectivity index (χ3v) is 4.40. The fourth-order valence-electron chi connectivity index (χ4n) is 3.15. The van der Waals surface area contributed by atoms with Gasteiger partial charge in [0.1, 0.15) is 0 Å². The summed E-state index contributed by atoms with van der Waals surface area (Å²) in [5.74, 6) is 0. The number of rotatable bonds is 4. The summed E-state index contributed by atoms with van der Waals surface area (Å²) in [7, 11) is 0. The van der Waals surface area contributed by atoms with Gasteiger partial charge in [-0.2, -0.15) is 0 Å². The fraction of sp³-hybridized carbons (Fsp3) is 0.0455. The van der Waals surface area contributed by atoms with Gasteiger partial charge in [-0.3, -0.25) is 9.13 Å². The topological polar surface area (TPSA) is 26.9 Å². The molecule has 0 N–H and O–H groups in total. The number of hydrogen-bond donors (Lipinski definition) is 0. The maximum atomic E-state index is 13.2. The van der Waals surface area contributed by atoms with Crippen LogP contribution >= 0.6 is 0 Å². The molecule has 0 fully saturated rings. The van der Waals surface area contributed by atoms with Gasteiger partial charge in [0.05, 0.1) is 23.3 Å². The van der Waals surface area contributed by atoms with Gasteiger partial charge >= 0.3 is 5.69 Å². The predicted molar refractivity (Wildman–Crippen MR) is 103 cm³/mol. The Bertz CT molecular complexity index is 1090. The summed E-state index contributed by atoms with van der Waals surface area (Å²) in [4.78, 5) is 13.2. The number of fused-ring (bicyclic) bond motifs is 1. The van der Waals surface area contributed by atoms with Crippen molar-refractivity contribution in [1.82, 2.24) is 9.13 Å². The normalized spacial score (nSPS) is 10.9. The average Bonchev–Trinajstić information content (AvgIpc) is 2.95. The summed E-state index contributed by atoms with van der Waals surface area (Å²) in [5, 5.41) is 0. The van der Waals surface area contributed by atoms with E-state index in [9.17, 15) is 4.79 Å². The van der Waals surface area contributed by atoms with Gasteiger partial charge in [-0.05, 0) is 23.3 Å². The Morgan fingerprint density at radius 2 is 1.32 bits per heavy atom. The molecular formula is C22H18N2O. The Morgan fingerprint density at radius 3 is 2.00 bits per heavy atom. The highest BCUT2D eigenvalue weighted by molar-refractivity contribution is 5.82. The van der Waals surface area contributed by atoms with E-state index in [1.807, 2.05) is 84.9 Å². The van der Waals surface area contributed by atoms with Crippen LogP contribution in [0.1, 0.15) is 11.1 Å². The third-order valence-electron chi connectivity index (χ3n) is 4.40. The summed E-state index contributed by atoms with van der Waals surface area (Å²) in [6.07, 6.45) is 0. The number of para-hydroxylation sites is 2. The van der Waals surface area contributed by atoms with Crippen LogP contribution in [0.3, 0.4) is 0 Å². The molecule has 3 nitrogen and oxygen atoms in total. The van der Waals surface area contributed by atoms with E-state index in [-0.39, 0.29) is 5.69 Å². The van der Waals surface area contributed by atoms with Crippen LogP contribution in [0.5, 0.6) is 0 Å². The van der Waals surface area contributed by atoms with Gasteiger partial charge in [0.25, 0.3) is 0 Å². The van der Waals surface area contributed by atoms with Crippen LogP contribution in [0.2, 0.25) is 0 Å². The van der Waals surface area contributed by atoms with Crippen LogP contribution in [-0.4, -0.2) is 9.13 Å². The van der Waals surface area contributed by atoms with Crippen molar-refractivity contribution >= 4 is 16.7 Å². The van der Waals surface area contributed by atoms with E-state index < -0.39 is 0 Å². The smallest absolute Gasteiger partial charge is 0.287 e. The molecule has 0 aliphatic heterocycles. The molecule has 0 bridgehead atoms. The zero-order chi connectivity index (χ0) is 17.2. The molecule has 0 aliphatic rings. The highest BCUT2D eigenvalue weighted by atomic mass is 16.1. The largest absolute Gasteiger partial charge is 0.334 e. The Labute approximate surface area is 146 Å². The first kappa shape index (κ1) is 15.2.